The molecule has 1 amide bonds. The molecular formula is C17H28N2O8S. The first-order valence-corrected chi connectivity index (χ1v) is 9.66. The second kappa shape index (κ2) is 11.9. The number of amides is 1. The van der Waals surface area contributed by atoms with Crippen LogP contribution in [0.3, 0.4) is 0 Å². The topological polar surface area (TPSA) is 120 Å². The van der Waals surface area contributed by atoms with E-state index >= 15 is 0 Å². The molecule has 1 atom stereocenters. The van der Waals surface area contributed by atoms with Crippen molar-refractivity contribution < 1.29 is 38.1 Å². The Morgan fingerprint density at radius 2 is 1.75 bits per heavy atom. The second-order valence-corrected chi connectivity index (χ2v) is 8.20. The Balaban J connectivity index is 2.59. The summed E-state index contributed by atoms with van der Waals surface area (Å²) in [6.45, 7) is 8.67. The van der Waals surface area contributed by atoms with Gasteiger partial charge >= 0.3 is 17.2 Å². The number of nitrogens with one attached hydrogen (secondary N) is 1. The first-order valence-electron chi connectivity index (χ1n) is 8.85. The summed E-state index contributed by atoms with van der Waals surface area (Å²) >= 11 is 0.699. The van der Waals surface area contributed by atoms with Crippen LogP contribution in [-0.2, 0) is 33.3 Å². The molecule has 0 spiro atoms. The third-order valence-electron chi connectivity index (χ3n) is 3.82. The fourth-order valence-corrected chi connectivity index (χ4v) is 3.18. The summed E-state index contributed by atoms with van der Waals surface area (Å²) in [6, 6.07) is -1.07. The number of hydrogen-bond acceptors (Lipinski definition) is 10. The largest absolute Gasteiger partial charge is 0.463 e. The van der Waals surface area contributed by atoms with E-state index in [0.29, 0.717) is 31.5 Å². The molecule has 0 radical (unpaired) electrons. The van der Waals surface area contributed by atoms with Gasteiger partial charge in [-0.05, 0) is 25.6 Å². The van der Waals surface area contributed by atoms with Crippen LogP contribution in [0.5, 0.6) is 0 Å². The number of thioether (sulfide) groups is 1. The fraction of sp³-hybridized carbons (Fsp3) is 0.765. The first-order chi connectivity index (χ1) is 13.1. The minimum Gasteiger partial charge on any atom is -0.463 e. The average Bonchev–Trinajstić information content (AvgIpc) is 2.59. The lowest BCUT2D eigenvalue weighted by atomic mass is 10.0. The van der Waals surface area contributed by atoms with Gasteiger partial charge in [-0.15, -0.1) is 0 Å². The molecule has 10 nitrogen and oxygen atoms in total. The zero-order valence-corrected chi connectivity index (χ0v) is 17.5. The number of carbonyl (C=O) groups excluding carboxylic acids is 4. The van der Waals surface area contributed by atoms with Gasteiger partial charge < -0.3 is 24.3 Å². The summed E-state index contributed by atoms with van der Waals surface area (Å²) in [5.41, 5.74) is 0. The minimum absolute atomic E-state index is 0.159. The summed E-state index contributed by atoms with van der Waals surface area (Å²) in [7, 11) is 0. The Morgan fingerprint density at radius 1 is 1.11 bits per heavy atom. The van der Waals surface area contributed by atoms with Crippen LogP contribution < -0.4 is 5.32 Å². The molecule has 1 saturated heterocycles. The van der Waals surface area contributed by atoms with Crippen molar-refractivity contribution in [2.45, 2.75) is 38.5 Å². The van der Waals surface area contributed by atoms with Crippen molar-refractivity contribution in [3.05, 3.63) is 0 Å². The molecule has 0 aromatic heterocycles. The van der Waals surface area contributed by atoms with Gasteiger partial charge in [0.25, 0.3) is 0 Å². The normalized spacial score (nSPS) is 16.0. The van der Waals surface area contributed by atoms with Gasteiger partial charge in [0.1, 0.15) is 12.6 Å². The molecule has 1 aliphatic heterocycles. The SMILES string of the molecule is CC(=O)N[C@@H](C(=O)OCCN1CCOCC1)C(C)(C)SC(=O)OCOC(C)=O. The average molecular weight is 420 g/mol. The van der Waals surface area contributed by atoms with Crippen LogP contribution in [-0.4, -0.2) is 85.1 Å². The highest BCUT2D eigenvalue weighted by Gasteiger charge is 2.40. The molecule has 28 heavy (non-hydrogen) atoms. The maximum atomic E-state index is 12.5. The van der Waals surface area contributed by atoms with Crippen molar-refractivity contribution in [2.75, 3.05) is 46.2 Å². The smallest absolute Gasteiger partial charge is 0.370 e. The Labute approximate surface area is 168 Å². The quantitative estimate of drug-likeness (QED) is 0.418. The van der Waals surface area contributed by atoms with Crippen molar-refractivity contribution in [2.24, 2.45) is 0 Å². The summed E-state index contributed by atoms with van der Waals surface area (Å²) in [5.74, 6) is -1.66. The van der Waals surface area contributed by atoms with Crippen molar-refractivity contribution in [1.29, 1.82) is 0 Å². The summed E-state index contributed by atoms with van der Waals surface area (Å²) in [6.07, 6.45) is 0. The molecule has 160 valence electrons. The fourth-order valence-electron chi connectivity index (χ4n) is 2.37. The van der Waals surface area contributed by atoms with Crippen molar-refractivity contribution in [3.8, 4) is 0 Å². The van der Waals surface area contributed by atoms with E-state index in [9.17, 15) is 19.2 Å². The van der Waals surface area contributed by atoms with E-state index in [1.165, 1.54) is 13.8 Å². The van der Waals surface area contributed by atoms with Crippen LogP contribution in [0, 0.1) is 0 Å². The maximum Gasteiger partial charge on any atom is 0.370 e. The van der Waals surface area contributed by atoms with Gasteiger partial charge in [0, 0.05) is 33.5 Å². The molecule has 0 unspecified atom stereocenters. The van der Waals surface area contributed by atoms with Gasteiger partial charge in [0.15, 0.2) is 0 Å². The third-order valence-corrected chi connectivity index (χ3v) is 4.87. The molecule has 1 rings (SSSR count). The van der Waals surface area contributed by atoms with Gasteiger partial charge in [-0.2, -0.15) is 0 Å². The number of morpholine rings is 1. The molecule has 1 N–H and O–H groups in total. The molecule has 1 fully saturated rings. The van der Waals surface area contributed by atoms with E-state index in [2.05, 4.69) is 15.0 Å². The predicted octanol–water partition coefficient (Wildman–Crippen LogP) is 0.536. The zero-order valence-electron chi connectivity index (χ0n) is 16.6. The highest BCUT2D eigenvalue weighted by molar-refractivity contribution is 8.14. The van der Waals surface area contributed by atoms with E-state index in [0.717, 1.165) is 13.1 Å². The van der Waals surface area contributed by atoms with Gasteiger partial charge in [-0.3, -0.25) is 14.5 Å². The van der Waals surface area contributed by atoms with Gasteiger partial charge in [0.2, 0.25) is 12.7 Å². The number of ether oxygens (including phenoxy) is 4. The first kappa shape index (κ1) is 24.2. The molecule has 0 saturated carbocycles. The van der Waals surface area contributed by atoms with E-state index < -0.39 is 40.7 Å². The monoisotopic (exact) mass is 420 g/mol. The van der Waals surface area contributed by atoms with Crippen LogP contribution in [0.1, 0.15) is 27.7 Å². The lowest BCUT2D eigenvalue weighted by Gasteiger charge is -2.31. The van der Waals surface area contributed by atoms with Gasteiger partial charge in [-0.1, -0.05) is 0 Å². The minimum atomic E-state index is -1.07. The predicted molar refractivity (Wildman–Crippen MR) is 101 cm³/mol. The lowest BCUT2D eigenvalue weighted by Crippen LogP contribution is -2.53. The number of hydrogen-bond donors (Lipinski definition) is 1. The molecule has 0 bridgehead atoms. The highest BCUT2D eigenvalue weighted by Crippen LogP contribution is 2.30. The maximum absolute atomic E-state index is 12.5. The molecule has 0 aromatic carbocycles. The number of rotatable bonds is 9. The molecule has 0 aliphatic carbocycles. The third kappa shape index (κ3) is 9.38. The van der Waals surface area contributed by atoms with Crippen LogP contribution in [0.25, 0.3) is 0 Å². The zero-order chi connectivity index (χ0) is 21.2. The Morgan fingerprint density at radius 3 is 2.32 bits per heavy atom. The summed E-state index contributed by atoms with van der Waals surface area (Å²) in [5, 5.41) is 1.78. The standard InChI is InChI=1S/C17H28N2O8S/c1-12(20)18-14(15(22)25-10-7-19-5-8-24-9-6-19)17(3,4)28-16(23)27-11-26-13(2)21/h14H,5-11H2,1-4H3,(H,18,20)/t14-/m0/s1. The molecule has 1 heterocycles. The van der Waals surface area contributed by atoms with Crippen molar-refractivity contribution >= 4 is 34.9 Å². The molecular weight excluding hydrogens is 392 g/mol. The Kier molecular flexibility index (Phi) is 10.3. The number of carbonyl (C=O) groups is 4. The van der Waals surface area contributed by atoms with Crippen LogP contribution in [0.2, 0.25) is 0 Å². The Bertz CT molecular complexity index is 563. The number of nitrogens with zero attached hydrogens (tertiary/aromatic N) is 1. The van der Waals surface area contributed by atoms with E-state index in [1.807, 2.05) is 0 Å². The molecule has 0 aromatic rings. The Hall–Kier alpha value is -1.85. The molecule has 1 aliphatic rings. The van der Waals surface area contributed by atoms with Gasteiger partial charge in [-0.25, -0.2) is 9.59 Å². The van der Waals surface area contributed by atoms with E-state index in [1.54, 1.807) is 13.8 Å². The van der Waals surface area contributed by atoms with Crippen LogP contribution in [0.15, 0.2) is 0 Å². The van der Waals surface area contributed by atoms with Crippen LogP contribution in [0.4, 0.5) is 4.79 Å². The number of esters is 2. The highest BCUT2D eigenvalue weighted by atomic mass is 32.2. The van der Waals surface area contributed by atoms with Crippen molar-refractivity contribution in [1.82, 2.24) is 10.2 Å². The van der Waals surface area contributed by atoms with E-state index in [4.69, 9.17) is 14.2 Å². The van der Waals surface area contributed by atoms with Crippen LogP contribution >= 0.6 is 11.8 Å². The summed E-state index contributed by atoms with van der Waals surface area (Å²) < 4.78 is 18.8. The summed E-state index contributed by atoms with van der Waals surface area (Å²) in [4.78, 5) is 48.8. The lowest BCUT2D eigenvalue weighted by molar-refractivity contribution is -0.149. The second-order valence-electron chi connectivity index (χ2n) is 6.61. The van der Waals surface area contributed by atoms with Crippen molar-refractivity contribution in [3.63, 3.8) is 0 Å². The molecule has 11 heteroatoms. The van der Waals surface area contributed by atoms with Gasteiger partial charge in [0.05, 0.1) is 18.0 Å². The van der Waals surface area contributed by atoms with E-state index in [-0.39, 0.29) is 6.61 Å².